The van der Waals surface area contributed by atoms with Gasteiger partial charge in [-0.1, -0.05) is 70.5 Å². The Hall–Kier alpha value is -4.94. The van der Waals surface area contributed by atoms with Crippen molar-refractivity contribution in [2.24, 2.45) is 17.6 Å². The molecule has 0 saturated heterocycles. The smallest absolute Gasteiger partial charge is 0.490 e. The molecule has 0 heterocycles. The van der Waals surface area contributed by atoms with Crippen molar-refractivity contribution in [3.63, 3.8) is 0 Å². The largest absolute Gasteiger partial charge is 0.508 e. The first kappa shape index (κ1) is 40.8. The number of phenolic OH excluding ortho intramolecular Hbond substituents is 1. The van der Waals surface area contributed by atoms with Crippen LogP contribution in [-0.2, 0) is 22.6 Å². The number of alkyl halides is 3. The van der Waals surface area contributed by atoms with Crippen molar-refractivity contribution in [3.05, 3.63) is 130 Å². The number of carboxylic acid groups (broad SMARTS) is 1. The number of benzene rings is 4. The second-order valence-electron chi connectivity index (χ2n) is 13.0. The molecule has 53 heavy (non-hydrogen) atoms. The predicted molar refractivity (Wildman–Crippen MR) is 203 cm³/mol. The summed E-state index contributed by atoms with van der Waals surface area (Å²) in [5, 5.41) is 19.9. The van der Waals surface area contributed by atoms with E-state index in [1.165, 1.54) is 0 Å². The Morgan fingerprint density at radius 2 is 1.45 bits per heavy atom. The lowest BCUT2D eigenvalue weighted by Gasteiger charge is -2.27. The van der Waals surface area contributed by atoms with E-state index in [0.717, 1.165) is 64.5 Å². The number of rotatable bonds is 12. The number of aliphatic carboxylic acids is 1. The molecule has 1 aliphatic rings. The number of nitrogens with two attached hydrogens (primary N) is 1. The summed E-state index contributed by atoms with van der Waals surface area (Å²) in [6, 6.07) is 30.8. The third-order valence-corrected chi connectivity index (χ3v) is 9.59. The van der Waals surface area contributed by atoms with Crippen LogP contribution in [0.2, 0.25) is 0 Å². The van der Waals surface area contributed by atoms with E-state index in [2.05, 4.69) is 27.3 Å². The Balaban J connectivity index is 0.000000815. The summed E-state index contributed by atoms with van der Waals surface area (Å²) in [4.78, 5) is 37.3. The number of aromatic hydroxyl groups is 1. The van der Waals surface area contributed by atoms with E-state index in [-0.39, 0.29) is 17.6 Å². The number of halogens is 4. The maximum Gasteiger partial charge on any atom is 0.490 e. The maximum atomic E-state index is 13.5. The van der Waals surface area contributed by atoms with Crippen molar-refractivity contribution in [1.29, 1.82) is 0 Å². The minimum atomic E-state index is -5.08. The minimum absolute atomic E-state index is 0.0532. The molecule has 0 atom stereocenters. The van der Waals surface area contributed by atoms with Crippen LogP contribution in [0.3, 0.4) is 0 Å². The molecule has 0 aliphatic heterocycles. The SMILES string of the molecule is NCC1CCC(CNC(=O)c2cccc(-c3cccc(CN(CCc4ccc(O)cc4)C(=O)C=Cc4ccc(Br)cc4)c3)c2)CC1.O=C(O)C(F)(F)F. The average molecular weight is 795 g/mol. The lowest BCUT2D eigenvalue weighted by molar-refractivity contribution is -0.192. The first-order valence-electron chi connectivity index (χ1n) is 17.3. The van der Waals surface area contributed by atoms with Gasteiger partial charge in [-0.2, -0.15) is 13.2 Å². The Morgan fingerprint density at radius 3 is 2.08 bits per heavy atom. The second-order valence-corrected chi connectivity index (χ2v) is 13.9. The summed E-state index contributed by atoms with van der Waals surface area (Å²) < 4.78 is 32.7. The van der Waals surface area contributed by atoms with Gasteiger partial charge in [0.2, 0.25) is 5.91 Å². The molecular weight excluding hydrogens is 751 g/mol. The Bertz CT molecular complexity index is 1840. The van der Waals surface area contributed by atoms with E-state index >= 15 is 0 Å². The number of carbonyl (C=O) groups excluding carboxylic acids is 2. The van der Waals surface area contributed by atoms with Gasteiger partial charge in [0.05, 0.1) is 0 Å². The fourth-order valence-electron chi connectivity index (χ4n) is 5.96. The first-order chi connectivity index (χ1) is 25.3. The quantitative estimate of drug-likeness (QED) is 0.107. The second kappa shape index (κ2) is 19.8. The molecule has 280 valence electrons. The average Bonchev–Trinajstić information content (AvgIpc) is 3.16. The minimum Gasteiger partial charge on any atom is -0.508 e. The van der Waals surface area contributed by atoms with Crippen LogP contribution in [0.15, 0.2) is 108 Å². The molecule has 1 saturated carbocycles. The summed E-state index contributed by atoms with van der Waals surface area (Å²) in [5.41, 5.74) is 11.4. The van der Waals surface area contributed by atoms with E-state index in [4.69, 9.17) is 15.6 Å². The molecule has 4 aromatic rings. The highest BCUT2D eigenvalue weighted by atomic mass is 79.9. The molecule has 1 fully saturated rings. The molecule has 0 unspecified atom stereocenters. The molecule has 0 radical (unpaired) electrons. The van der Waals surface area contributed by atoms with Crippen LogP contribution < -0.4 is 11.1 Å². The third kappa shape index (κ3) is 13.5. The Morgan fingerprint density at radius 1 is 0.849 bits per heavy atom. The molecule has 1 aliphatic carbocycles. The van der Waals surface area contributed by atoms with Gasteiger partial charge in [0, 0.05) is 35.7 Å². The van der Waals surface area contributed by atoms with Crippen molar-refractivity contribution in [1.82, 2.24) is 10.2 Å². The van der Waals surface area contributed by atoms with Crippen LogP contribution >= 0.6 is 15.9 Å². The van der Waals surface area contributed by atoms with Gasteiger partial charge in [-0.15, -0.1) is 0 Å². The topological polar surface area (TPSA) is 133 Å². The van der Waals surface area contributed by atoms with E-state index in [0.29, 0.717) is 43.5 Å². The van der Waals surface area contributed by atoms with E-state index in [1.807, 2.05) is 89.8 Å². The molecule has 5 N–H and O–H groups in total. The van der Waals surface area contributed by atoms with E-state index in [9.17, 15) is 27.9 Å². The Kier molecular flexibility index (Phi) is 15.2. The molecule has 4 aromatic carbocycles. The number of phenols is 1. The molecule has 2 amide bonds. The van der Waals surface area contributed by atoms with E-state index < -0.39 is 12.1 Å². The summed E-state index contributed by atoms with van der Waals surface area (Å²) in [6.45, 7) is 2.40. The number of nitrogens with one attached hydrogen (secondary N) is 1. The number of carboxylic acids is 1. The summed E-state index contributed by atoms with van der Waals surface area (Å²) in [7, 11) is 0. The standard InChI is InChI=1S/C39H42BrN3O3.C2HF3O2/c40-36-16-11-28(12-17-36)15-20-38(45)43(22-21-29-13-18-37(44)19-14-29)27-32-3-1-4-33(23-32)34-5-2-6-35(24-34)39(46)42-26-31-9-7-30(25-41)8-10-31;3-2(4,5)1(6)7/h1-6,11-20,23-24,30-31,44H,7-10,21-22,25-27,41H2,(H,42,46);(H,6,7). The summed E-state index contributed by atoms with van der Waals surface area (Å²) >= 11 is 3.45. The zero-order valence-corrected chi connectivity index (χ0v) is 30.7. The number of nitrogens with zero attached hydrogens (tertiary/aromatic N) is 1. The summed E-state index contributed by atoms with van der Waals surface area (Å²) in [5.74, 6) is -1.54. The van der Waals surface area contributed by atoms with Crippen molar-refractivity contribution in [2.75, 3.05) is 19.6 Å². The van der Waals surface area contributed by atoms with Gasteiger partial charge in [0.15, 0.2) is 0 Å². The van der Waals surface area contributed by atoms with Crippen molar-refractivity contribution >= 4 is 39.8 Å². The molecular formula is C41H43BrF3N3O5. The predicted octanol–water partition coefficient (Wildman–Crippen LogP) is 8.23. The fraction of sp³-hybridized carbons (Fsp3) is 0.293. The lowest BCUT2D eigenvalue weighted by Crippen LogP contribution is -2.32. The van der Waals surface area contributed by atoms with Crippen LogP contribution in [0.4, 0.5) is 13.2 Å². The van der Waals surface area contributed by atoms with Crippen molar-refractivity contribution in [2.45, 2.75) is 44.8 Å². The van der Waals surface area contributed by atoms with Gasteiger partial charge in [-0.3, -0.25) is 9.59 Å². The highest BCUT2D eigenvalue weighted by Gasteiger charge is 2.38. The van der Waals surface area contributed by atoms with Gasteiger partial charge in [0.1, 0.15) is 5.75 Å². The van der Waals surface area contributed by atoms with Crippen LogP contribution in [-0.4, -0.2) is 58.7 Å². The van der Waals surface area contributed by atoms with Gasteiger partial charge >= 0.3 is 12.1 Å². The third-order valence-electron chi connectivity index (χ3n) is 9.06. The van der Waals surface area contributed by atoms with Crippen molar-refractivity contribution in [3.8, 4) is 16.9 Å². The van der Waals surface area contributed by atoms with E-state index in [1.54, 1.807) is 18.2 Å². The summed E-state index contributed by atoms with van der Waals surface area (Å²) in [6.07, 6.45) is 3.54. The monoisotopic (exact) mass is 793 g/mol. The molecule has 0 aromatic heterocycles. The molecule has 5 rings (SSSR count). The van der Waals surface area contributed by atoms with Gasteiger partial charge < -0.3 is 26.2 Å². The highest BCUT2D eigenvalue weighted by molar-refractivity contribution is 9.10. The lowest BCUT2D eigenvalue weighted by atomic mass is 9.82. The molecule has 0 bridgehead atoms. The zero-order valence-electron chi connectivity index (χ0n) is 29.1. The normalized spacial score (nSPS) is 15.6. The zero-order chi connectivity index (χ0) is 38.4. The Labute approximate surface area is 315 Å². The van der Waals surface area contributed by atoms with Gasteiger partial charge in [-0.25, -0.2) is 4.79 Å². The maximum absolute atomic E-state index is 13.5. The van der Waals surface area contributed by atoms with Crippen LogP contribution in [0, 0.1) is 11.8 Å². The van der Waals surface area contributed by atoms with Gasteiger partial charge in [-0.05, 0) is 127 Å². The molecule has 0 spiro atoms. The number of hydrogen-bond acceptors (Lipinski definition) is 5. The number of carbonyl (C=O) groups is 3. The number of amides is 2. The first-order valence-corrected chi connectivity index (χ1v) is 18.1. The van der Waals surface area contributed by atoms with Crippen LogP contribution in [0.1, 0.15) is 52.7 Å². The van der Waals surface area contributed by atoms with Gasteiger partial charge in [0.25, 0.3) is 5.91 Å². The number of hydrogen-bond donors (Lipinski definition) is 4. The molecule has 8 nitrogen and oxygen atoms in total. The van der Waals surface area contributed by atoms with Crippen LogP contribution in [0.25, 0.3) is 17.2 Å². The fourth-order valence-corrected chi connectivity index (χ4v) is 6.23. The molecule has 12 heteroatoms. The van der Waals surface area contributed by atoms with Crippen LogP contribution in [0.5, 0.6) is 5.75 Å². The van der Waals surface area contributed by atoms with Crippen molar-refractivity contribution < 1.29 is 37.8 Å². The highest BCUT2D eigenvalue weighted by Crippen LogP contribution is 2.28.